The quantitative estimate of drug-likeness (QED) is 0.813. The molecule has 0 aromatic heterocycles. The van der Waals surface area contributed by atoms with Crippen LogP contribution in [-0.4, -0.2) is 5.91 Å². The highest BCUT2D eigenvalue weighted by atomic mass is 16.5. The second-order valence-electron chi connectivity index (χ2n) is 3.85. The van der Waals surface area contributed by atoms with Gasteiger partial charge in [0.2, 0.25) is 5.91 Å². The lowest BCUT2D eigenvalue weighted by Gasteiger charge is -2.09. The van der Waals surface area contributed by atoms with E-state index < -0.39 is 0 Å². The van der Waals surface area contributed by atoms with Crippen molar-refractivity contribution >= 4 is 17.3 Å². The number of hydrogen-bond donors (Lipinski definition) is 2. The van der Waals surface area contributed by atoms with Crippen molar-refractivity contribution < 1.29 is 9.53 Å². The Labute approximate surface area is 105 Å². The summed E-state index contributed by atoms with van der Waals surface area (Å²) in [6.07, 6.45) is 0. The number of hydrogen-bond acceptors (Lipinski definition) is 3. The Morgan fingerprint density at radius 2 is 1.94 bits per heavy atom. The van der Waals surface area contributed by atoms with Crippen LogP contribution >= 0.6 is 0 Å². The van der Waals surface area contributed by atoms with Gasteiger partial charge in [-0.15, -0.1) is 0 Å². The Morgan fingerprint density at radius 3 is 2.67 bits per heavy atom. The third-order valence-corrected chi connectivity index (χ3v) is 2.30. The zero-order valence-electron chi connectivity index (χ0n) is 10.0. The molecule has 2 rings (SSSR count). The Kier molecular flexibility index (Phi) is 3.48. The molecule has 0 unspecified atom stereocenters. The predicted molar refractivity (Wildman–Crippen MR) is 71.7 cm³/mol. The Balaban J connectivity index is 2.19. The van der Waals surface area contributed by atoms with Crippen LogP contribution in [0.5, 0.6) is 11.5 Å². The van der Waals surface area contributed by atoms with Crippen LogP contribution in [0.4, 0.5) is 11.4 Å². The number of nitrogens with two attached hydrogens (primary N) is 1. The van der Waals surface area contributed by atoms with E-state index >= 15 is 0 Å². The molecule has 0 radical (unpaired) electrons. The molecule has 2 aromatic carbocycles. The minimum absolute atomic E-state index is 0.119. The maximum Gasteiger partial charge on any atom is 0.221 e. The smallest absolute Gasteiger partial charge is 0.221 e. The highest BCUT2D eigenvalue weighted by Gasteiger charge is 2.02. The van der Waals surface area contributed by atoms with Crippen LogP contribution in [0.3, 0.4) is 0 Å². The molecule has 4 nitrogen and oxygen atoms in total. The van der Waals surface area contributed by atoms with E-state index in [9.17, 15) is 4.79 Å². The topological polar surface area (TPSA) is 64.3 Å². The summed E-state index contributed by atoms with van der Waals surface area (Å²) in [5.41, 5.74) is 7.05. The van der Waals surface area contributed by atoms with E-state index in [1.54, 1.807) is 36.4 Å². The molecular weight excluding hydrogens is 228 g/mol. The van der Waals surface area contributed by atoms with E-state index in [-0.39, 0.29) is 5.91 Å². The summed E-state index contributed by atoms with van der Waals surface area (Å²) in [5, 5.41) is 2.70. The molecule has 0 aliphatic rings. The highest BCUT2D eigenvalue weighted by molar-refractivity contribution is 5.88. The molecule has 0 aliphatic heterocycles. The monoisotopic (exact) mass is 242 g/mol. The van der Waals surface area contributed by atoms with Crippen molar-refractivity contribution in [1.29, 1.82) is 0 Å². The first-order chi connectivity index (χ1) is 8.65. The number of rotatable bonds is 3. The molecule has 1 amide bonds. The Hall–Kier alpha value is -2.49. The van der Waals surface area contributed by atoms with Crippen molar-refractivity contribution in [2.24, 2.45) is 0 Å². The van der Waals surface area contributed by atoms with Crippen LogP contribution < -0.4 is 15.8 Å². The average molecular weight is 242 g/mol. The van der Waals surface area contributed by atoms with Gasteiger partial charge in [0.15, 0.2) is 0 Å². The van der Waals surface area contributed by atoms with Gasteiger partial charge in [0.05, 0.1) is 5.69 Å². The zero-order valence-corrected chi connectivity index (χ0v) is 10.0. The summed E-state index contributed by atoms with van der Waals surface area (Å²) in [6, 6.07) is 14.4. The summed E-state index contributed by atoms with van der Waals surface area (Å²) < 4.78 is 5.66. The molecule has 0 aliphatic carbocycles. The van der Waals surface area contributed by atoms with Crippen molar-refractivity contribution in [2.75, 3.05) is 11.1 Å². The van der Waals surface area contributed by atoms with Crippen molar-refractivity contribution in [1.82, 2.24) is 0 Å². The Morgan fingerprint density at radius 1 is 1.17 bits per heavy atom. The predicted octanol–water partition coefficient (Wildman–Crippen LogP) is 3.02. The van der Waals surface area contributed by atoms with Gasteiger partial charge in [-0.05, 0) is 24.3 Å². The first-order valence-electron chi connectivity index (χ1n) is 5.55. The molecule has 4 heteroatoms. The second kappa shape index (κ2) is 5.23. The third kappa shape index (κ3) is 3.01. The molecule has 0 saturated carbocycles. The number of ether oxygens (including phenoxy) is 1. The number of nitrogens with one attached hydrogen (secondary N) is 1. The van der Waals surface area contributed by atoms with Gasteiger partial charge in [-0.3, -0.25) is 4.79 Å². The summed E-state index contributed by atoms with van der Waals surface area (Å²) in [4.78, 5) is 11.0. The molecule has 0 atom stereocenters. The fraction of sp³-hybridized carbons (Fsp3) is 0.0714. The van der Waals surface area contributed by atoms with Crippen LogP contribution in [0.15, 0.2) is 48.5 Å². The zero-order chi connectivity index (χ0) is 13.0. The van der Waals surface area contributed by atoms with E-state index in [4.69, 9.17) is 10.5 Å². The van der Waals surface area contributed by atoms with Gasteiger partial charge in [-0.2, -0.15) is 0 Å². The highest BCUT2D eigenvalue weighted by Crippen LogP contribution is 2.28. The molecule has 2 aromatic rings. The van der Waals surface area contributed by atoms with E-state index in [2.05, 4.69) is 5.32 Å². The number of para-hydroxylation sites is 2. The molecular formula is C14H14N2O2. The van der Waals surface area contributed by atoms with Gasteiger partial charge >= 0.3 is 0 Å². The largest absolute Gasteiger partial charge is 0.455 e. The number of benzene rings is 2. The third-order valence-electron chi connectivity index (χ3n) is 2.30. The van der Waals surface area contributed by atoms with Crippen LogP contribution in [0, 0.1) is 0 Å². The Bertz CT molecular complexity index is 567. The molecule has 3 N–H and O–H groups in total. The van der Waals surface area contributed by atoms with E-state index in [1.165, 1.54) is 6.92 Å². The maximum atomic E-state index is 11.0. The number of carbonyl (C=O) groups excluding carboxylic acids is 1. The SMILES string of the molecule is CC(=O)Nc1cccc(Oc2ccccc2N)c1. The van der Waals surface area contributed by atoms with E-state index in [0.717, 1.165) is 0 Å². The van der Waals surface area contributed by atoms with E-state index in [1.807, 2.05) is 12.1 Å². The van der Waals surface area contributed by atoms with Crippen molar-refractivity contribution in [2.45, 2.75) is 6.92 Å². The molecule has 0 bridgehead atoms. The summed E-state index contributed by atoms with van der Waals surface area (Å²) in [5.74, 6) is 1.10. The molecule has 0 spiro atoms. The van der Waals surface area contributed by atoms with Gasteiger partial charge in [-0.1, -0.05) is 18.2 Å². The number of amides is 1. The van der Waals surface area contributed by atoms with Crippen LogP contribution in [0.1, 0.15) is 6.92 Å². The first kappa shape index (κ1) is 12.0. The van der Waals surface area contributed by atoms with E-state index in [0.29, 0.717) is 22.9 Å². The molecule has 0 fully saturated rings. The summed E-state index contributed by atoms with van der Waals surface area (Å²) in [7, 11) is 0. The summed E-state index contributed by atoms with van der Waals surface area (Å²) >= 11 is 0. The first-order valence-corrected chi connectivity index (χ1v) is 5.55. The molecule has 0 heterocycles. The van der Waals surface area contributed by atoms with Crippen LogP contribution in [-0.2, 0) is 4.79 Å². The minimum Gasteiger partial charge on any atom is -0.455 e. The van der Waals surface area contributed by atoms with Gasteiger partial charge in [0.25, 0.3) is 0 Å². The fourth-order valence-corrected chi connectivity index (χ4v) is 1.54. The lowest BCUT2D eigenvalue weighted by atomic mass is 10.2. The van der Waals surface area contributed by atoms with Gasteiger partial charge in [0, 0.05) is 18.7 Å². The number of carbonyl (C=O) groups is 1. The number of anilines is 2. The van der Waals surface area contributed by atoms with Crippen molar-refractivity contribution in [3.63, 3.8) is 0 Å². The maximum absolute atomic E-state index is 11.0. The van der Waals surface area contributed by atoms with Gasteiger partial charge in [-0.25, -0.2) is 0 Å². The second-order valence-corrected chi connectivity index (χ2v) is 3.85. The fourth-order valence-electron chi connectivity index (χ4n) is 1.54. The van der Waals surface area contributed by atoms with Crippen LogP contribution in [0.25, 0.3) is 0 Å². The van der Waals surface area contributed by atoms with Gasteiger partial charge < -0.3 is 15.8 Å². The lowest BCUT2D eigenvalue weighted by Crippen LogP contribution is -2.05. The molecule has 18 heavy (non-hydrogen) atoms. The lowest BCUT2D eigenvalue weighted by molar-refractivity contribution is -0.114. The molecule has 0 saturated heterocycles. The van der Waals surface area contributed by atoms with Crippen molar-refractivity contribution in [3.05, 3.63) is 48.5 Å². The standard InChI is InChI=1S/C14H14N2O2/c1-10(17)16-11-5-4-6-12(9-11)18-14-8-3-2-7-13(14)15/h2-9H,15H2,1H3,(H,16,17). The normalized spacial score (nSPS) is 9.83. The molecule has 92 valence electrons. The van der Waals surface area contributed by atoms with Gasteiger partial charge in [0.1, 0.15) is 11.5 Å². The average Bonchev–Trinajstić information content (AvgIpc) is 2.32. The van der Waals surface area contributed by atoms with Crippen LogP contribution in [0.2, 0.25) is 0 Å². The summed E-state index contributed by atoms with van der Waals surface area (Å²) in [6.45, 7) is 1.46. The van der Waals surface area contributed by atoms with Crippen molar-refractivity contribution in [3.8, 4) is 11.5 Å². The minimum atomic E-state index is -0.119. The number of nitrogen functional groups attached to an aromatic ring is 1.